The quantitative estimate of drug-likeness (QED) is 0.905. The zero-order chi connectivity index (χ0) is 17.2. The summed E-state index contributed by atoms with van der Waals surface area (Å²) in [5, 5.41) is 0. The van der Waals surface area contributed by atoms with Crippen LogP contribution in [0.1, 0.15) is 17.5 Å². The van der Waals surface area contributed by atoms with Gasteiger partial charge in [0.1, 0.15) is 0 Å². The average Bonchev–Trinajstić information content (AvgIpc) is 2.57. The lowest BCUT2D eigenvalue weighted by atomic mass is 10.0. The summed E-state index contributed by atoms with van der Waals surface area (Å²) in [6.45, 7) is 2.40. The first kappa shape index (κ1) is 16.7. The van der Waals surface area contributed by atoms with Crippen molar-refractivity contribution in [2.75, 3.05) is 18.0 Å². The van der Waals surface area contributed by atoms with E-state index in [1.165, 1.54) is 0 Å². The number of hydrogen-bond acceptors (Lipinski definition) is 3. The molecule has 0 saturated heterocycles. The van der Waals surface area contributed by atoms with Crippen molar-refractivity contribution in [2.24, 2.45) is 0 Å². The summed E-state index contributed by atoms with van der Waals surface area (Å²) >= 11 is 0. The highest BCUT2D eigenvalue weighted by molar-refractivity contribution is 7.89. The number of anilines is 1. The Bertz CT molecular complexity index is 845. The second-order valence-corrected chi connectivity index (χ2v) is 7.65. The van der Waals surface area contributed by atoms with Gasteiger partial charge in [-0.1, -0.05) is 35.9 Å². The van der Waals surface area contributed by atoms with Crippen molar-refractivity contribution in [3.05, 3.63) is 59.7 Å². The third kappa shape index (κ3) is 3.49. The van der Waals surface area contributed by atoms with E-state index in [-0.39, 0.29) is 17.3 Å². The Kier molecular flexibility index (Phi) is 4.69. The molecule has 5 nitrogen and oxygen atoms in total. The van der Waals surface area contributed by atoms with Crippen molar-refractivity contribution in [2.45, 2.75) is 24.7 Å². The lowest BCUT2D eigenvalue weighted by Gasteiger charge is -2.29. The predicted molar refractivity (Wildman–Crippen MR) is 93.5 cm³/mol. The lowest BCUT2D eigenvalue weighted by Crippen LogP contribution is -2.41. The first-order valence-corrected chi connectivity index (χ1v) is 9.40. The fraction of sp³-hybridized carbons (Fsp3) is 0.278. The van der Waals surface area contributed by atoms with E-state index in [0.29, 0.717) is 13.0 Å². The summed E-state index contributed by atoms with van der Waals surface area (Å²) in [6.07, 6.45) is 1.20. The second kappa shape index (κ2) is 6.75. The second-order valence-electron chi connectivity index (χ2n) is 5.88. The summed E-state index contributed by atoms with van der Waals surface area (Å²) in [5.74, 6) is 0.0308. The monoisotopic (exact) mass is 344 g/mol. The number of benzene rings is 2. The Hall–Kier alpha value is -2.18. The molecule has 0 aliphatic carbocycles. The minimum Gasteiger partial charge on any atom is -0.311 e. The van der Waals surface area contributed by atoms with Crippen LogP contribution in [0.15, 0.2) is 53.4 Å². The van der Waals surface area contributed by atoms with Gasteiger partial charge >= 0.3 is 0 Å². The Morgan fingerprint density at radius 3 is 2.50 bits per heavy atom. The van der Waals surface area contributed by atoms with Gasteiger partial charge in [-0.05, 0) is 37.1 Å². The maximum atomic E-state index is 12.3. The molecule has 0 aromatic heterocycles. The van der Waals surface area contributed by atoms with Crippen molar-refractivity contribution in [1.82, 2.24) is 4.72 Å². The molecule has 0 fully saturated rings. The highest BCUT2D eigenvalue weighted by Crippen LogP contribution is 2.27. The van der Waals surface area contributed by atoms with Gasteiger partial charge in [0.15, 0.2) is 0 Å². The molecule has 2 aromatic rings. The number of nitrogens with one attached hydrogen (secondary N) is 1. The van der Waals surface area contributed by atoms with Crippen LogP contribution in [0.5, 0.6) is 0 Å². The molecule has 0 saturated carbocycles. The summed E-state index contributed by atoms with van der Waals surface area (Å²) in [7, 11) is -3.56. The smallest absolute Gasteiger partial charge is 0.240 e. The number of carbonyl (C=O) groups excluding carboxylic acids is 1. The molecule has 0 bridgehead atoms. The summed E-state index contributed by atoms with van der Waals surface area (Å²) < 4.78 is 27.2. The lowest BCUT2D eigenvalue weighted by molar-refractivity contribution is -0.118. The molecular weight excluding hydrogens is 324 g/mol. The fourth-order valence-electron chi connectivity index (χ4n) is 2.83. The molecule has 0 radical (unpaired) electrons. The van der Waals surface area contributed by atoms with Crippen LogP contribution in [0, 0.1) is 6.92 Å². The Morgan fingerprint density at radius 1 is 1.04 bits per heavy atom. The molecular formula is C18H20N2O3S. The first-order chi connectivity index (χ1) is 11.5. The molecule has 1 N–H and O–H groups in total. The Balaban J connectivity index is 1.68. The standard InChI is InChI=1S/C18H20N2O3S/c1-14-6-9-16(10-7-14)24(22,23)19-12-13-20-17-5-3-2-4-15(17)8-11-18(20)21/h2-7,9-10,19H,8,11-13H2,1H3. The van der Waals surface area contributed by atoms with Crippen LogP contribution < -0.4 is 9.62 Å². The molecule has 2 aromatic carbocycles. The molecule has 1 aliphatic rings. The number of rotatable bonds is 5. The van der Waals surface area contributed by atoms with Gasteiger partial charge in [0.05, 0.1) is 4.90 Å². The van der Waals surface area contributed by atoms with E-state index < -0.39 is 10.0 Å². The topological polar surface area (TPSA) is 66.5 Å². The van der Waals surface area contributed by atoms with E-state index in [9.17, 15) is 13.2 Å². The van der Waals surface area contributed by atoms with Gasteiger partial charge < -0.3 is 4.90 Å². The summed E-state index contributed by atoms with van der Waals surface area (Å²) in [4.78, 5) is 14.1. The number of hydrogen-bond donors (Lipinski definition) is 1. The van der Waals surface area contributed by atoms with E-state index in [4.69, 9.17) is 0 Å². The number of fused-ring (bicyclic) bond motifs is 1. The highest BCUT2D eigenvalue weighted by atomic mass is 32.2. The van der Waals surface area contributed by atoms with Crippen molar-refractivity contribution >= 4 is 21.6 Å². The van der Waals surface area contributed by atoms with Gasteiger partial charge in [-0.3, -0.25) is 4.79 Å². The van der Waals surface area contributed by atoms with E-state index in [1.807, 2.05) is 31.2 Å². The number of carbonyl (C=O) groups is 1. The molecule has 1 aliphatic heterocycles. The fourth-order valence-corrected chi connectivity index (χ4v) is 3.86. The molecule has 0 atom stereocenters. The molecule has 126 valence electrons. The minimum absolute atomic E-state index is 0.0308. The number of sulfonamides is 1. The SMILES string of the molecule is Cc1ccc(S(=O)(=O)NCCN2C(=O)CCc3ccccc32)cc1. The number of nitrogens with zero attached hydrogens (tertiary/aromatic N) is 1. The minimum atomic E-state index is -3.56. The molecule has 6 heteroatoms. The molecule has 0 spiro atoms. The van der Waals surface area contributed by atoms with E-state index in [2.05, 4.69) is 4.72 Å². The third-order valence-electron chi connectivity index (χ3n) is 4.15. The summed E-state index contributed by atoms with van der Waals surface area (Å²) in [6, 6.07) is 14.4. The van der Waals surface area contributed by atoms with Crippen LogP contribution in [-0.4, -0.2) is 27.4 Å². The van der Waals surface area contributed by atoms with Crippen LogP contribution in [0.4, 0.5) is 5.69 Å². The predicted octanol–water partition coefficient (Wildman–Crippen LogP) is 2.25. The number of aryl methyl sites for hydroxylation is 2. The van der Waals surface area contributed by atoms with Gasteiger partial charge in [0, 0.05) is 25.2 Å². The van der Waals surface area contributed by atoms with E-state index in [1.54, 1.807) is 29.2 Å². The molecule has 1 amide bonds. The summed E-state index contributed by atoms with van der Waals surface area (Å²) in [5.41, 5.74) is 3.01. The van der Waals surface area contributed by atoms with Gasteiger partial charge in [-0.2, -0.15) is 0 Å². The van der Waals surface area contributed by atoms with Crippen LogP contribution in [0.3, 0.4) is 0 Å². The zero-order valence-electron chi connectivity index (χ0n) is 13.5. The van der Waals surface area contributed by atoms with Crippen LogP contribution in [-0.2, 0) is 21.2 Å². The van der Waals surface area contributed by atoms with Crippen molar-refractivity contribution in [3.8, 4) is 0 Å². The largest absolute Gasteiger partial charge is 0.311 e. The van der Waals surface area contributed by atoms with Crippen LogP contribution >= 0.6 is 0 Å². The first-order valence-electron chi connectivity index (χ1n) is 7.92. The van der Waals surface area contributed by atoms with Crippen LogP contribution in [0.2, 0.25) is 0 Å². The number of para-hydroxylation sites is 1. The van der Waals surface area contributed by atoms with Gasteiger partial charge in [-0.15, -0.1) is 0 Å². The molecule has 1 heterocycles. The molecule has 3 rings (SSSR count). The van der Waals surface area contributed by atoms with Gasteiger partial charge in [-0.25, -0.2) is 13.1 Å². The van der Waals surface area contributed by atoms with E-state index in [0.717, 1.165) is 23.2 Å². The third-order valence-corrected chi connectivity index (χ3v) is 5.63. The normalized spacial score (nSPS) is 14.5. The Labute approximate surface area is 142 Å². The van der Waals surface area contributed by atoms with E-state index >= 15 is 0 Å². The zero-order valence-corrected chi connectivity index (χ0v) is 14.3. The van der Waals surface area contributed by atoms with Gasteiger partial charge in [0.2, 0.25) is 15.9 Å². The van der Waals surface area contributed by atoms with Crippen LogP contribution in [0.25, 0.3) is 0 Å². The molecule has 0 unspecified atom stereocenters. The maximum Gasteiger partial charge on any atom is 0.240 e. The average molecular weight is 344 g/mol. The maximum absolute atomic E-state index is 12.3. The van der Waals surface area contributed by atoms with Crippen molar-refractivity contribution in [3.63, 3.8) is 0 Å². The van der Waals surface area contributed by atoms with Crippen molar-refractivity contribution in [1.29, 1.82) is 0 Å². The van der Waals surface area contributed by atoms with Gasteiger partial charge in [0.25, 0.3) is 0 Å². The number of amides is 1. The van der Waals surface area contributed by atoms with Crippen molar-refractivity contribution < 1.29 is 13.2 Å². The highest BCUT2D eigenvalue weighted by Gasteiger charge is 2.24. The molecule has 24 heavy (non-hydrogen) atoms. The Morgan fingerprint density at radius 2 is 1.75 bits per heavy atom.